The van der Waals surface area contributed by atoms with Gasteiger partial charge in [0.2, 0.25) is 5.91 Å². The molecule has 10 nitrogen and oxygen atoms in total. The molecule has 1 saturated heterocycles. The van der Waals surface area contributed by atoms with Gasteiger partial charge in [0.05, 0.1) is 18.4 Å². The molecule has 1 aliphatic heterocycles. The number of hydrogen-bond acceptors (Lipinski definition) is 5. The van der Waals surface area contributed by atoms with Gasteiger partial charge in [0, 0.05) is 46.0 Å². The molecule has 0 spiro atoms. The van der Waals surface area contributed by atoms with Crippen molar-refractivity contribution in [3.05, 3.63) is 12.4 Å². The molecule has 0 bridgehead atoms. The molecule has 2 heterocycles. The second kappa shape index (κ2) is 10.3. The van der Waals surface area contributed by atoms with Crippen LogP contribution >= 0.6 is 0 Å². The summed E-state index contributed by atoms with van der Waals surface area (Å²) in [6, 6.07) is 0. The van der Waals surface area contributed by atoms with E-state index in [0.717, 1.165) is 5.69 Å². The maximum atomic E-state index is 12.7. The molecular formula is C20H35N7O3. The Morgan fingerprint density at radius 2 is 2.07 bits per heavy atom. The largest absolute Gasteiger partial charge is 0.444 e. The highest BCUT2D eigenvalue weighted by Crippen LogP contribution is 2.16. The highest BCUT2D eigenvalue weighted by atomic mass is 16.6. The lowest BCUT2D eigenvalue weighted by Gasteiger charge is -2.35. The monoisotopic (exact) mass is 421 g/mol. The topological polar surface area (TPSA) is 95.3 Å². The molecule has 1 aromatic heterocycles. The number of likely N-dealkylation sites (N-methyl/N-ethyl adjacent to an activating group) is 1. The van der Waals surface area contributed by atoms with E-state index in [9.17, 15) is 9.59 Å². The summed E-state index contributed by atoms with van der Waals surface area (Å²) in [5.74, 6) is 0.681. The van der Waals surface area contributed by atoms with Crippen molar-refractivity contribution in [2.75, 3.05) is 50.7 Å². The number of anilines is 1. The Bertz CT molecular complexity index is 754. The molecule has 0 saturated carbocycles. The Morgan fingerprint density at radius 3 is 2.60 bits per heavy atom. The Morgan fingerprint density at radius 1 is 1.33 bits per heavy atom. The molecule has 1 aliphatic rings. The van der Waals surface area contributed by atoms with Crippen molar-refractivity contribution in [1.82, 2.24) is 24.9 Å². The first-order valence-electron chi connectivity index (χ1n) is 10.4. The molecule has 0 atom stereocenters. The normalized spacial score (nSPS) is 15.4. The summed E-state index contributed by atoms with van der Waals surface area (Å²) in [7, 11) is 1.83. The second-order valence-electron chi connectivity index (χ2n) is 8.13. The molecule has 0 aliphatic carbocycles. The van der Waals surface area contributed by atoms with Crippen molar-refractivity contribution in [2.24, 2.45) is 12.0 Å². The minimum atomic E-state index is -0.531. The number of hydrogen-bond donors (Lipinski definition) is 1. The van der Waals surface area contributed by atoms with E-state index >= 15 is 0 Å². The van der Waals surface area contributed by atoms with Crippen LogP contribution in [0.3, 0.4) is 0 Å². The van der Waals surface area contributed by atoms with Crippen molar-refractivity contribution in [3.63, 3.8) is 0 Å². The van der Waals surface area contributed by atoms with Gasteiger partial charge in [-0.25, -0.2) is 4.79 Å². The van der Waals surface area contributed by atoms with Gasteiger partial charge >= 0.3 is 6.09 Å². The summed E-state index contributed by atoms with van der Waals surface area (Å²) >= 11 is 0. The molecule has 1 N–H and O–H groups in total. The quantitative estimate of drug-likeness (QED) is 0.549. The number of amides is 2. The third kappa shape index (κ3) is 6.64. The van der Waals surface area contributed by atoms with Crippen molar-refractivity contribution in [3.8, 4) is 0 Å². The number of nitrogens with zero attached hydrogens (tertiary/aromatic N) is 6. The van der Waals surface area contributed by atoms with Crippen LogP contribution in [0.5, 0.6) is 0 Å². The van der Waals surface area contributed by atoms with E-state index in [1.165, 1.54) is 0 Å². The zero-order valence-electron chi connectivity index (χ0n) is 19.0. The van der Waals surface area contributed by atoms with E-state index in [1.807, 2.05) is 52.8 Å². The van der Waals surface area contributed by atoms with Crippen molar-refractivity contribution >= 4 is 23.6 Å². The number of carbonyl (C=O) groups excluding carboxylic acids is 2. The minimum absolute atomic E-state index is 0.00351. The van der Waals surface area contributed by atoms with Crippen molar-refractivity contribution in [2.45, 2.75) is 40.2 Å². The van der Waals surface area contributed by atoms with Gasteiger partial charge in [-0.15, -0.1) is 0 Å². The van der Waals surface area contributed by atoms with E-state index in [1.54, 1.807) is 20.7 Å². The zero-order chi connectivity index (χ0) is 22.3. The van der Waals surface area contributed by atoms with E-state index in [-0.39, 0.29) is 18.5 Å². The number of aryl methyl sites for hydroxylation is 1. The average Bonchev–Trinajstić information content (AvgIpc) is 3.08. The lowest BCUT2D eigenvalue weighted by atomic mass is 10.2. The van der Waals surface area contributed by atoms with Crippen LogP contribution in [0.2, 0.25) is 0 Å². The number of aliphatic imine (C=N–C) groups is 1. The molecule has 30 heavy (non-hydrogen) atoms. The highest BCUT2D eigenvalue weighted by molar-refractivity contribution is 5.98. The molecule has 2 amide bonds. The van der Waals surface area contributed by atoms with Crippen LogP contribution in [-0.2, 0) is 16.6 Å². The Labute approximate surface area is 178 Å². The van der Waals surface area contributed by atoms with Gasteiger partial charge in [-0.1, -0.05) is 0 Å². The standard InChI is InChI=1S/C20H35N7O3/c1-7-21-18(22-9-10-25(8-2)19(29)30-20(3,4)5)26-11-12-27(17(28)15-26)16-13-23-24(6)14-16/h13-14H,7-12,15H2,1-6H3,(H,21,22). The molecule has 0 unspecified atom stereocenters. The fourth-order valence-corrected chi connectivity index (χ4v) is 3.08. The van der Waals surface area contributed by atoms with Gasteiger partial charge in [-0.2, -0.15) is 5.10 Å². The highest BCUT2D eigenvalue weighted by Gasteiger charge is 2.28. The maximum Gasteiger partial charge on any atom is 0.410 e. The van der Waals surface area contributed by atoms with E-state index in [4.69, 9.17) is 4.74 Å². The summed E-state index contributed by atoms with van der Waals surface area (Å²) < 4.78 is 7.12. The Hall–Kier alpha value is -2.78. The van der Waals surface area contributed by atoms with Crippen LogP contribution in [0.15, 0.2) is 17.4 Å². The predicted octanol–water partition coefficient (Wildman–Crippen LogP) is 1.29. The number of guanidine groups is 1. The van der Waals surface area contributed by atoms with Crippen LogP contribution in [0.1, 0.15) is 34.6 Å². The lowest BCUT2D eigenvalue weighted by Crippen LogP contribution is -2.55. The zero-order valence-corrected chi connectivity index (χ0v) is 19.0. The fourth-order valence-electron chi connectivity index (χ4n) is 3.08. The van der Waals surface area contributed by atoms with Crippen LogP contribution in [-0.4, -0.2) is 89.0 Å². The smallest absolute Gasteiger partial charge is 0.410 e. The number of carbonyl (C=O) groups is 2. The van der Waals surface area contributed by atoms with Gasteiger partial charge in [-0.3, -0.25) is 14.5 Å². The third-order valence-electron chi connectivity index (χ3n) is 4.52. The first-order chi connectivity index (χ1) is 14.1. The number of piperazine rings is 1. The Balaban J connectivity index is 1.97. The van der Waals surface area contributed by atoms with Crippen LogP contribution < -0.4 is 10.2 Å². The summed E-state index contributed by atoms with van der Waals surface area (Å²) in [6.07, 6.45) is 3.19. The SMILES string of the molecule is CCNC(=NCCN(CC)C(=O)OC(C)(C)C)N1CCN(c2cnn(C)c2)C(=O)C1. The minimum Gasteiger partial charge on any atom is -0.444 e. The lowest BCUT2D eigenvalue weighted by molar-refractivity contribution is -0.120. The molecule has 168 valence electrons. The molecule has 0 radical (unpaired) electrons. The summed E-state index contributed by atoms with van der Waals surface area (Å²) in [5, 5.41) is 7.39. The van der Waals surface area contributed by atoms with Gasteiger partial charge in [0.25, 0.3) is 0 Å². The van der Waals surface area contributed by atoms with Crippen LogP contribution in [0, 0.1) is 0 Å². The predicted molar refractivity (Wildman–Crippen MR) is 117 cm³/mol. The van der Waals surface area contributed by atoms with Crippen LogP contribution in [0.25, 0.3) is 0 Å². The van der Waals surface area contributed by atoms with Crippen molar-refractivity contribution < 1.29 is 14.3 Å². The van der Waals surface area contributed by atoms with Gasteiger partial charge in [-0.05, 0) is 34.6 Å². The molecule has 0 aromatic carbocycles. The molecule has 1 fully saturated rings. The number of aromatic nitrogens is 2. The Kier molecular flexibility index (Phi) is 8.08. The molecule has 1 aromatic rings. The third-order valence-corrected chi connectivity index (χ3v) is 4.52. The molecule has 10 heteroatoms. The van der Waals surface area contributed by atoms with E-state index < -0.39 is 5.60 Å². The summed E-state index contributed by atoms with van der Waals surface area (Å²) in [5.41, 5.74) is 0.275. The van der Waals surface area contributed by atoms with E-state index in [0.29, 0.717) is 45.2 Å². The number of nitrogens with one attached hydrogen (secondary N) is 1. The first kappa shape index (κ1) is 23.5. The summed E-state index contributed by atoms with van der Waals surface area (Å²) in [4.78, 5) is 34.9. The van der Waals surface area contributed by atoms with E-state index in [2.05, 4.69) is 15.4 Å². The van der Waals surface area contributed by atoms with Crippen molar-refractivity contribution in [1.29, 1.82) is 0 Å². The van der Waals surface area contributed by atoms with Gasteiger partial charge in [0.1, 0.15) is 12.1 Å². The maximum absolute atomic E-state index is 12.7. The number of rotatable bonds is 6. The van der Waals surface area contributed by atoms with Crippen LogP contribution in [0.4, 0.5) is 10.5 Å². The second-order valence-corrected chi connectivity index (χ2v) is 8.13. The fraction of sp³-hybridized carbons (Fsp3) is 0.700. The van der Waals surface area contributed by atoms with Gasteiger partial charge in [0.15, 0.2) is 5.96 Å². The molecule has 2 rings (SSSR count). The molecular weight excluding hydrogens is 386 g/mol. The summed E-state index contributed by atoms with van der Waals surface area (Å²) in [6.45, 7) is 13.0. The number of ether oxygens (including phenoxy) is 1. The first-order valence-corrected chi connectivity index (χ1v) is 10.4. The van der Waals surface area contributed by atoms with Gasteiger partial charge < -0.3 is 24.8 Å². The average molecular weight is 422 g/mol.